The van der Waals surface area contributed by atoms with E-state index in [1.807, 2.05) is 0 Å². The van der Waals surface area contributed by atoms with E-state index in [9.17, 15) is 13.2 Å². The van der Waals surface area contributed by atoms with Crippen molar-refractivity contribution < 1.29 is 17.9 Å². The van der Waals surface area contributed by atoms with Gasteiger partial charge in [0.25, 0.3) is 0 Å². The van der Waals surface area contributed by atoms with Crippen LogP contribution in [0.25, 0.3) is 0 Å². The Hall–Kier alpha value is -0.330. The number of rotatable bonds is 5. The Balaban J connectivity index is 2.39. The van der Waals surface area contributed by atoms with E-state index in [1.54, 1.807) is 11.9 Å². The van der Waals surface area contributed by atoms with Crippen molar-refractivity contribution in [3.63, 3.8) is 0 Å². The van der Waals surface area contributed by atoms with Crippen molar-refractivity contribution in [2.45, 2.75) is 25.4 Å². The highest BCUT2D eigenvalue weighted by atomic mass is 19.4. The van der Waals surface area contributed by atoms with Gasteiger partial charge in [0.05, 0.1) is 6.42 Å². The van der Waals surface area contributed by atoms with E-state index in [0.29, 0.717) is 26.3 Å². The van der Waals surface area contributed by atoms with Gasteiger partial charge in [-0.25, -0.2) is 0 Å². The number of hydrogen-bond acceptors (Lipinski definition) is 3. The van der Waals surface area contributed by atoms with Crippen molar-refractivity contribution in [1.29, 1.82) is 0 Å². The fraction of sp³-hybridized carbons (Fsp3) is 1.00. The summed E-state index contributed by atoms with van der Waals surface area (Å²) in [4.78, 5) is 1.73. The van der Waals surface area contributed by atoms with Crippen LogP contribution in [0.1, 0.15) is 19.3 Å². The first-order chi connectivity index (χ1) is 7.87. The molecule has 6 heteroatoms. The van der Waals surface area contributed by atoms with Crippen LogP contribution in [0.5, 0.6) is 0 Å². The molecule has 102 valence electrons. The summed E-state index contributed by atoms with van der Waals surface area (Å²) in [5.74, 6) is 0. The molecule has 0 spiro atoms. The standard InChI is InChI=1S/C11H21F3N2O/c1-16(5-2-11(12,13)14)9-10(8-15)3-6-17-7-4-10/h2-9,15H2,1H3. The third kappa shape index (κ3) is 5.23. The van der Waals surface area contributed by atoms with Gasteiger partial charge in [-0.1, -0.05) is 0 Å². The molecule has 1 rings (SSSR count). The third-order valence-corrected chi connectivity index (χ3v) is 3.37. The molecule has 2 N–H and O–H groups in total. The fourth-order valence-electron chi connectivity index (χ4n) is 2.20. The molecule has 0 unspecified atom stereocenters. The van der Waals surface area contributed by atoms with Gasteiger partial charge in [0.2, 0.25) is 0 Å². The fourth-order valence-corrected chi connectivity index (χ4v) is 2.20. The molecule has 17 heavy (non-hydrogen) atoms. The molecule has 0 bridgehead atoms. The lowest BCUT2D eigenvalue weighted by molar-refractivity contribution is -0.138. The minimum atomic E-state index is -4.08. The number of ether oxygens (including phenoxy) is 1. The van der Waals surface area contributed by atoms with E-state index in [4.69, 9.17) is 10.5 Å². The zero-order chi connectivity index (χ0) is 12.9. The molecular weight excluding hydrogens is 233 g/mol. The van der Waals surface area contributed by atoms with E-state index >= 15 is 0 Å². The Kier molecular flexibility index (Phi) is 5.22. The quantitative estimate of drug-likeness (QED) is 0.810. The minimum Gasteiger partial charge on any atom is -0.381 e. The molecule has 0 atom stereocenters. The summed E-state index contributed by atoms with van der Waals surface area (Å²) in [7, 11) is 1.72. The first-order valence-corrected chi connectivity index (χ1v) is 5.90. The van der Waals surface area contributed by atoms with E-state index < -0.39 is 12.6 Å². The summed E-state index contributed by atoms with van der Waals surface area (Å²) in [5.41, 5.74) is 5.69. The van der Waals surface area contributed by atoms with E-state index in [1.165, 1.54) is 0 Å². The van der Waals surface area contributed by atoms with Gasteiger partial charge in [-0.05, 0) is 31.8 Å². The van der Waals surface area contributed by atoms with Crippen molar-refractivity contribution in [2.75, 3.05) is 39.9 Å². The molecule has 1 heterocycles. The van der Waals surface area contributed by atoms with Gasteiger partial charge in [0.1, 0.15) is 0 Å². The molecule has 1 aliphatic heterocycles. The first-order valence-electron chi connectivity index (χ1n) is 5.90. The highest BCUT2D eigenvalue weighted by molar-refractivity contribution is 4.85. The SMILES string of the molecule is CN(CCC(F)(F)F)CC1(CN)CCOCC1. The van der Waals surface area contributed by atoms with E-state index in [0.717, 1.165) is 12.8 Å². The zero-order valence-corrected chi connectivity index (χ0v) is 10.2. The van der Waals surface area contributed by atoms with Crippen LogP contribution < -0.4 is 5.73 Å². The van der Waals surface area contributed by atoms with Crippen LogP contribution in [0.3, 0.4) is 0 Å². The van der Waals surface area contributed by atoms with E-state index in [2.05, 4.69) is 0 Å². The van der Waals surface area contributed by atoms with Crippen molar-refractivity contribution in [1.82, 2.24) is 4.90 Å². The van der Waals surface area contributed by atoms with Crippen LogP contribution in [0, 0.1) is 5.41 Å². The largest absolute Gasteiger partial charge is 0.390 e. The van der Waals surface area contributed by atoms with Crippen molar-refractivity contribution >= 4 is 0 Å². The predicted molar refractivity (Wildman–Crippen MR) is 59.7 cm³/mol. The van der Waals surface area contributed by atoms with Crippen LogP contribution in [-0.4, -0.2) is 51.0 Å². The van der Waals surface area contributed by atoms with Crippen LogP contribution >= 0.6 is 0 Å². The van der Waals surface area contributed by atoms with E-state index in [-0.39, 0.29) is 12.0 Å². The molecule has 3 nitrogen and oxygen atoms in total. The number of nitrogens with zero attached hydrogens (tertiary/aromatic N) is 1. The average molecular weight is 254 g/mol. The van der Waals surface area contributed by atoms with Gasteiger partial charge in [-0.15, -0.1) is 0 Å². The molecule has 0 amide bonds. The minimum absolute atomic E-state index is 0.0338. The molecule has 0 aromatic rings. The van der Waals surface area contributed by atoms with Gasteiger partial charge in [-0.2, -0.15) is 13.2 Å². The summed E-state index contributed by atoms with van der Waals surface area (Å²) < 4.78 is 41.6. The lowest BCUT2D eigenvalue weighted by atomic mass is 9.80. The lowest BCUT2D eigenvalue weighted by Gasteiger charge is -2.39. The highest BCUT2D eigenvalue weighted by Crippen LogP contribution is 2.30. The molecule has 0 radical (unpaired) electrons. The molecule has 0 aromatic heterocycles. The van der Waals surface area contributed by atoms with Gasteiger partial charge in [-0.3, -0.25) is 0 Å². The van der Waals surface area contributed by atoms with Crippen LogP contribution in [-0.2, 0) is 4.74 Å². The highest BCUT2D eigenvalue weighted by Gasteiger charge is 2.33. The number of alkyl halides is 3. The number of nitrogens with two attached hydrogens (primary N) is 1. The average Bonchev–Trinajstić information content (AvgIpc) is 2.27. The van der Waals surface area contributed by atoms with Crippen LogP contribution in [0.2, 0.25) is 0 Å². The lowest BCUT2D eigenvalue weighted by Crippen LogP contribution is -2.45. The Morgan fingerprint density at radius 3 is 2.35 bits per heavy atom. The number of hydrogen-bond donors (Lipinski definition) is 1. The van der Waals surface area contributed by atoms with Crippen molar-refractivity contribution in [3.8, 4) is 0 Å². The Bertz CT molecular complexity index is 227. The molecule has 0 saturated carbocycles. The Morgan fingerprint density at radius 2 is 1.88 bits per heavy atom. The van der Waals surface area contributed by atoms with Crippen LogP contribution in [0.15, 0.2) is 0 Å². The third-order valence-electron chi connectivity index (χ3n) is 3.37. The maximum absolute atomic E-state index is 12.1. The second-order valence-electron chi connectivity index (χ2n) is 4.92. The maximum atomic E-state index is 12.1. The Morgan fingerprint density at radius 1 is 1.29 bits per heavy atom. The van der Waals surface area contributed by atoms with Crippen molar-refractivity contribution in [3.05, 3.63) is 0 Å². The topological polar surface area (TPSA) is 38.5 Å². The Labute approximate surface area is 100 Å². The summed E-state index contributed by atoms with van der Waals surface area (Å²) in [6.07, 6.45) is -3.18. The molecule has 1 aliphatic rings. The van der Waals surface area contributed by atoms with Crippen molar-refractivity contribution in [2.24, 2.45) is 11.1 Å². The molecular formula is C11H21F3N2O. The van der Waals surface area contributed by atoms with Gasteiger partial charge >= 0.3 is 6.18 Å². The predicted octanol–water partition coefficient (Wildman–Crippen LogP) is 1.63. The summed E-state index contributed by atoms with van der Waals surface area (Å²) >= 11 is 0. The smallest absolute Gasteiger partial charge is 0.381 e. The summed E-state index contributed by atoms with van der Waals surface area (Å²) in [6, 6.07) is 0. The zero-order valence-electron chi connectivity index (χ0n) is 10.2. The first kappa shape index (κ1) is 14.7. The van der Waals surface area contributed by atoms with Gasteiger partial charge in [0, 0.05) is 26.3 Å². The number of halogens is 3. The molecule has 1 saturated heterocycles. The maximum Gasteiger partial charge on any atom is 0.390 e. The summed E-state index contributed by atoms with van der Waals surface area (Å²) in [5, 5.41) is 0. The van der Waals surface area contributed by atoms with Gasteiger partial charge < -0.3 is 15.4 Å². The molecule has 1 fully saturated rings. The molecule has 0 aliphatic carbocycles. The van der Waals surface area contributed by atoms with Crippen LogP contribution in [0.4, 0.5) is 13.2 Å². The molecule has 0 aromatic carbocycles. The second kappa shape index (κ2) is 6.02. The second-order valence-corrected chi connectivity index (χ2v) is 4.92. The van der Waals surface area contributed by atoms with Gasteiger partial charge in [0.15, 0.2) is 0 Å². The monoisotopic (exact) mass is 254 g/mol. The normalized spacial score (nSPS) is 20.8. The summed E-state index contributed by atoms with van der Waals surface area (Å²) in [6.45, 7) is 2.47.